The molecule has 7 heteroatoms. The number of carbonyl (C=O) groups excluding carboxylic acids is 1. The van der Waals surface area contributed by atoms with Gasteiger partial charge in [-0.3, -0.25) is 9.89 Å². The molecule has 2 N–H and O–H groups in total. The monoisotopic (exact) mass is 338 g/mol. The maximum Gasteiger partial charge on any atom is 0.251 e. The molecule has 0 fully saturated rings. The third-order valence-corrected chi connectivity index (χ3v) is 3.96. The van der Waals surface area contributed by atoms with Crippen molar-refractivity contribution in [3.05, 3.63) is 45.4 Å². The van der Waals surface area contributed by atoms with Gasteiger partial charge in [-0.05, 0) is 48.8 Å². The van der Waals surface area contributed by atoms with Crippen molar-refractivity contribution < 1.29 is 4.79 Å². The molecular formula is C15H19ClN4OS. The summed E-state index contributed by atoms with van der Waals surface area (Å²) in [5, 5.41) is 10.6. The van der Waals surface area contributed by atoms with Crippen LogP contribution in [0, 0.1) is 10.7 Å². The number of aromatic nitrogens is 3. The van der Waals surface area contributed by atoms with Gasteiger partial charge < -0.3 is 9.88 Å². The lowest BCUT2D eigenvalue weighted by Gasteiger charge is -2.20. The fourth-order valence-electron chi connectivity index (χ4n) is 2.21. The number of nitrogens with one attached hydrogen (secondary N) is 2. The second-order valence-electron chi connectivity index (χ2n) is 5.61. The zero-order valence-corrected chi connectivity index (χ0v) is 14.3. The molecular weight excluding hydrogens is 320 g/mol. The summed E-state index contributed by atoms with van der Waals surface area (Å²) in [5.41, 5.74) is 0.565. The minimum Gasteiger partial charge on any atom is -0.342 e. The lowest BCUT2D eigenvalue weighted by Crippen LogP contribution is -2.31. The Morgan fingerprint density at radius 1 is 1.41 bits per heavy atom. The molecule has 0 aliphatic rings. The van der Waals surface area contributed by atoms with Crippen molar-refractivity contribution in [1.29, 1.82) is 0 Å². The summed E-state index contributed by atoms with van der Waals surface area (Å²) in [4.78, 5) is 12.4. The van der Waals surface area contributed by atoms with E-state index in [2.05, 4.69) is 29.4 Å². The summed E-state index contributed by atoms with van der Waals surface area (Å²) in [6.07, 6.45) is 0.771. The quantitative estimate of drug-likeness (QED) is 0.818. The molecule has 1 amide bonds. The minimum atomic E-state index is -0.207. The highest BCUT2D eigenvalue weighted by atomic mass is 35.5. The van der Waals surface area contributed by atoms with E-state index in [1.54, 1.807) is 28.8 Å². The predicted octanol–water partition coefficient (Wildman–Crippen LogP) is 3.65. The van der Waals surface area contributed by atoms with Crippen molar-refractivity contribution in [2.45, 2.75) is 26.3 Å². The van der Waals surface area contributed by atoms with E-state index in [0.717, 1.165) is 12.2 Å². The Morgan fingerprint density at radius 3 is 2.55 bits per heavy atom. The Labute approximate surface area is 139 Å². The maximum absolute atomic E-state index is 12.4. The van der Waals surface area contributed by atoms with E-state index in [1.807, 2.05) is 7.05 Å². The van der Waals surface area contributed by atoms with E-state index >= 15 is 0 Å². The van der Waals surface area contributed by atoms with Crippen LogP contribution < -0.4 is 5.32 Å². The Hall–Kier alpha value is -1.66. The molecule has 0 aliphatic heterocycles. The van der Waals surface area contributed by atoms with Crippen LogP contribution in [0.1, 0.15) is 42.5 Å². The summed E-state index contributed by atoms with van der Waals surface area (Å²) in [6, 6.07) is 6.59. The van der Waals surface area contributed by atoms with Crippen molar-refractivity contribution in [3.63, 3.8) is 0 Å². The number of amides is 1. The van der Waals surface area contributed by atoms with E-state index in [-0.39, 0.29) is 11.9 Å². The molecule has 1 aromatic heterocycles. The first-order valence-electron chi connectivity index (χ1n) is 7.06. The first kappa shape index (κ1) is 16.7. The second-order valence-corrected chi connectivity index (χ2v) is 6.43. The number of carbonyl (C=O) groups is 1. The van der Waals surface area contributed by atoms with Crippen LogP contribution in [0.15, 0.2) is 24.3 Å². The van der Waals surface area contributed by atoms with Crippen molar-refractivity contribution >= 4 is 29.7 Å². The number of H-pyrrole nitrogens is 1. The third-order valence-electron chi connectivity index (χ3n) is 3.34. The first-order chi connectivity index (χ1) is 10.4. The molecule has 2 rings (SSSR count). The molecule has 2 aromatic rings. The number of aromatic amines is 1. The lowest BCUT2D eigenvalue weighted by molar-refractivity contribution is 0.0929. The van der Waals surface area contributed by atoms with E-state index < -0.39 is 0 Å². The van der Waals surface area contributed by atoms with Gasteiger partial charge in [-0.25, -0.2) is 0 Å². The van der Waals surface area contributed by atoms with Crippen LogP contribution in [-0.4, -0.2) is 20.7 Å². The first-order valence-corrected chi connectivity index (χ1v) is 7.84. The topological polar surface area (TPSA) is 62.7 Å². The Morgan fingerprint density at radius 2 is 2.05 bits per heavy atom. The SMILES string of the molecule is CC(C)CC(NC(=O)c1ccc(Cl)cc1)c1n[nH]c(=S)n1C. The number of rotatable bonds is 5. The highest BCUT2D eigenvalue weighted by Crippen LogP contribution is 2.20. The average molecular weight is 339 g/mol. The van der Waals surface area contributed by atoms with Crippen LogP contribution in [0.2, 0.25) is 5.02 Å². The molecule has 1 heterocycles. The molecule has 5 nitrogen and oxygen atoms in total. The van der Waals surface area contributed by atoms with Crippen LogP contribution in [0.5, 0.6) is 0 Å². The van der Waals surface area contributed by atoms with Crippen LogP contribution in [0.4, 0.5) is 0 Å². The number of hydrogen-bond donors (Lipinski definition) is 2. The zero-order chi connectivity index (χ0) is 16.3. The predicted molar refractivity (Wildman–Crippen MR) is 89.5 cm³/mol. The van der Waals surface area contributed by atoms with Gasteiger partial charge in [-0.1, -0.05) is 25.4 Å². The van der Waals surface area contributed by atoms with Gasteiger partial charge in [-0.2, -0.15) is 5.10 Å². The van der Waals surface area contributed by atoms with E-state index in [4.69, 9.17) is 23.8 Å². The summed E-state index contributed by atoms with van der Waals surface area (Å²) in [5.74, 6) is 0.970. The highest BCUT2D eigenvalue weighted by molar-refractivity contribution is 7.71. The third kappa shape index (κ3) is 3.96. The fourth-order valence-corrected chi connectivity index (χ4v) is 2.48. The summed E-state index contributed by atoms with van der Waals surface area (Å²) < 4.78 is 2.31. The molecule has 118 valence electrons. The fraction of sp³-hybridized carbons (Fsp3) is 0.400. The molecule has 0 saturated carbocycles. The number of benzene rings is 1. The summed E-state index contributed by atoms with van der Waals surface area (Å²) >= 11 is 11.0. The molecule has 0 saturated heterocycles. The van der Waals surface area contributed by atoms with Crippen molar-refractivity contribution in [1.82, 2.24) is 20.1 Å². The van der Waals surface area contributed by atoms with E-state index in [0.29, 0.717) is 21.3 Å². The number of hydrogen-bond acceptors (Lipinski definition) is 3. The van der Waals surface area contributed by atoms with Crippen molar-refractivity contribution in [3.8, 4) is 0 Å². The van der Waals surface area contributed by atoms with Crippen molar-refractivity contribution in [2.75, 3.05) is 0 Å². The Bertz CT molecular complexity index is 705. The molecule has 1 atom stereocenters. The highest BCUT2D eigenvalue weighted by Gasteiger charge is 2.21. The summed E-state index contributed by atoms with van der Waals surface area (Å²) in [6.45, 7) is 4.20. The average Bonchev–Trinajstić information content (AvgIpc) is 2.78. The molecule has 0 bridgehead atoms. The van der Waals surface area contributed by atoms with Crippen molar-refractivity contribution in [2.24, 2.45) is 13.0 Å². The molecule has 1 unspecified atom stereocenters. The summed E-state index contributed by atoms with van der Waals surface area (Å²) in [7, 11) is 1.84. The zero-order valence-electron chi connectivity index (χ0n) is 12.8. The van der Waals surface area contributed by atoms with Gasteiger partial charge in [-0.15, -0.1) is 0 Å². The Kier molecular flexibility index (Phi) is 5.37. The maximum atomic E-state index is 12.4. The standard InChI is InChI=1S/C15H19ClN4OS/c1-9(2)8-12(13-18-19-15(22)20(13)3)17-14(21)10-4-6-11(16)7-5-10/h4-7,9,12H,8H2,1-3H3,(H,17,21)(H,19,22). The smallest absolute Gasteiger partial charge is 0.251 e. The van der Waals surface area contributed by atoms with Crippen LogP contribution >= 0.6 is 23.8 Å². The van der Waals surface area contributed by atoms with Crippen LogP contribution in [-0.2, 0) is 7.05 Å². The Balaban J connectivity index is 2.23. The second kappa shape index (κ2) is 7.07. The van der Waals surface area contributed by atoms with Crippen LogP contribution in [0.25, 0.3) is 0 Å². The minimum absolute atomic E-state index is 0.156. The van der Waals surface area contributed by atoms with Gasteiger partial charge in [0.1, 0.15) is 0 Å². The molecule has 1 aromatic carbocycles. The van der Waals surface area contributed by atoms with Gasteiger partial charge in [0.05, 0.1) is 6.04 Å². The van der Waals surface area contributed by atoms with Gasteiger partial charge in [0.25, 0.3) is 5.91 Å². The van der Waals surface area contributed by atoms with Gasteiger partial charge in [0, 0.05) is 17.6 Å². The number of nitrogens with zero attached hydrogens (tertiary/aromatic N) is 2. The molecule has 0 aliphatic carbocycles. The molecule has 0 spiro atoms. The normalized spacial score (nSPS) is 12.4. The molecule has 0 radical (unpaired) electrons. The van der Waals surface area contributed by atoms with E-state index in [1.165, 1.54) is 0 Å². The number of halogens is 1. The van der Waals surface area contributed by atoms with Gasteiger partial charge in [0.2, 0.25) is 0 Å². The van der Waals surface area contributed by atoms with Gasteiger partial charge >= 0.3 is 0 Å². The van der Waals surface area contributed by atoms with E-state index in [9.17, 15) is 4.79 Å². The molecule has 22 heavy (non-hydrogen) atoms. The largest absolute Gasteiger partial charge is 0.342 e. The van der Waals surface area contributed by atoms with Gasteiger partial charge in [0.15, 0.2) is 10.6 Å². The lowest BCUT2D eigenvalue weighted by atomic mass is 10.0. The van der Waals surface area contributed by atoms with Crippen LogP contribution in [0.3, 0.4) is 0 Å².